The number of carbonyl (C=O) groups is 3. The minimum absolute atomic E-state index is 0.00253. The molecule has 1 spiro atoms. The topological polar surface area (TPSA) is 94.2 Å². The van der Waals surface area contributed by atoms with E-state index in [0.29, 0.717) is 39.0 Å². The molecule has 46 heavy (non-hydrogen) atoms. The van der Waals surface area contributed by atoms with Crippen LogP contribution in [0.2, 0.25) is 0 Å². The van der Waals surface area contributed by atoms with Crippen LogP contribution in [-0.2, 0) is 33.8 Å². The van der Waals surface area contributed by atoms with Crippen molar-refractivity contribution < 1.29 is 19.1 Å². The van der Waals surface area contributed by atoms with Crippen LogP contribution >= 0.6 is 0 Å². The highest BCUT2D eigenvalue weighted by atomic mass is 16.5. The number of nitrogens with one attached hydrogen (secondary N) is 2. The maximum absolute atomic E-state index is 14.2. The van der Waals surface area contributed by atoms with E-state index < -0.39 is 11.6 Å². The van der Waals surface area contributed by atoms with Crippen molar-refractivity contribution in [3.05, 3.63) is 95.6 Å². The fourth-order valence-electron chi connectivity index (χ4n) is 7.21. The molecule has 3 heterocycles. The summed E-state index contributed by atoms with van der Waals surface area (Å²) < 4.78 is 5.32. The number of likely N-dealkylation sites (tertiary alicyclic amines) is 1. The molecule has 3 amide bonds. The molecule has 3 aromatic rings. The summed E-state index contributed by atoms with van der Waals surface area (Å²) >= 11 is 0. The third-order valence-electron chi connectivity index (χ3n) is 9.89. The number of para-hydroxylation sites is 1. The molecule has 0 aromatic heterocycles. The summed E-state index contributed by atoms with van der Waals surface area (Å²) in [4.78, 5) is 47.6. The number of rotatable bonds is 9. The SMILES string of the molecule is COc1ccc(C[C@@H](NC(=O)CC2Cc3ccccc3CN2)C(=O)N2CCC3(CC2)C(=O)N(C(C)C)CN3c2ccccc2)cc1. The average Bonchev–Trinajstić information content (AvgIpc) is 3.36. The summed E-state index contributed by atoms with van der Waals surface area (Å²) in [5, 5.41) is 6.59. The molecule has 9 heteroatoms. The Morgan fingerprint density at radius 3 is 2.30 bits per heavy atom. The lowest BCUT2D eigenvalue weighted by Crippen LogP contribution is -2.60. The molecule has 2 saturated heterocycles. The Labute approximate surface area is 271 Å². The molecule has 0 aliphatic carbocycles. The van der Waals surface area contributed by atoms with Crippen molar-refractivity contribution >= 4 is 23.4 Å². The van der Waals surface area contributed by atoms with Gasteiger partial charge < -0.3 is 30.1 Å². The summed E-state index contributed by atoms with van der Waals surface area (Å²) in [6.07, 6.45) is 2.49. The van der Waals surface area contributed by atoms with Crippen LogP contribution in [0.25, 0.3) is 0 Å². The molecule has 2 fully saturated rings. The Morgan fingerprint density at radius 2 is 1.63 bits per heavy atom. The van der Waals surface area contributed by atoms with Crippen molar-refractivity contribution in [3.8, 4) is 5.75 Å². The monoisotopic (exact) mass is 623 g/mol. The number of fused-ring (bicyclic) bond motifs is 1. The first-order valence-electron chi connectivity index (χ1n) is 16.4. The van der Waals surface area contributed by atoms with Crippen LogP contribution in [0.15, 0.2) is 78.9 Å². The molecule has 3 aliphatic heterocycles. The average molecular weight is 624 g/mol. The van der Waals surface area contributed by atoms with Gasteiger partial charge in [-0.05, 0) is 74.1 Å². The number of ether oxygens (including phenoxy) is 1. The van der Waals surface area contributed by atoms with Crippen molar-refractivity contribution in [2.45, 2.75) is 76.2 Å². The molecule has 3 aliphatic rings. The van der Waals surface area contributed by atoms with Gasteiger partial charge in [-0.3, -0.25) is 14.4 Å². The Balaban J connectivity index is 1.17. The minimum atomic E-state index is -0.720. The fourth-order valence-corrected chi connectivity index (χ4v) is 7.21. The Morgan fingerprint density at radius 1 is 0.957 bits per heavy atom. The van der Waals surface area contributed by atoms with Gasteiger partial charge in [-0.15, -0.1) is 0 Å². The fraction of sp³-hybridized carbons (Fsp3) is 0.432. The van der Waals surface area contributed by atoms with Gasteiger partial charge in [0.15, 0.2) is 0 Å². The maximum atomic E-state index is 14.2. The molecule has 0 saturated carbocycles. The van der Waals surface area contributed by atoms with E-state index in [1.807, 2.05) is 78.2 Å². The van der Waals surface area contributed by atoms with Crippen LogP contribution in [0.5, 0.6) is 5.75 Å². The first-order valence-corrected chi connectivity index (χ1v) is 16.4. The van der Waals surface area contributed by atoms with E-state index in [1.54, 1.807) is 7.11 Å². The molecule has 9 nitrogen and oxygen atoms in total. The van der Waals surface area contributed by atoms with Gasteiger partial charge in [-0.2, -0.15) is 0 Å². The number of anilines is 1. The van der Waals surface area contributed by atoms with Crippen molar-refractivity contribution in [2.75, 3.05) is 31.8 Å². The maximum Gasteiger partial charge on any atom is 0.250 e. The van der Waals surface area contributed by atoms with Crippen molar-refractivity contribution in [2.24, 2.45) is 0 Å². The molecular weight excluding hydrogens is 578 g/mol. The van der Waals surface area contributed by atoms with Crippen LogP contribution < -0.4 is 20.3 Å². The zero-order valence-electron chi connectivity index (χ0n) is 27.1. The zero-order chi connectivity index (χ0) is 32.3. The van der Waals surface area contributed by atoms with Gasteiger partial charge in [-0.25, -0.2) is 0 Å². The molecule has 0 bridgehead atoms. The summed E-state index contributed by atoms with van der Waals surface area (Å²) in [5.41, 5.74) is 3.78. The number of nitrogens with zero attached hydrogens (tertiary/aromatic N) is 3. The van der Waals surface area contributed by atoms with E-state index in [9.17, 15) is 14.4 Å². The quantitative estimate of drug-likeness (QED) is 0.376. The smallest absolute Gasteiger partial charge is 0.250 e. The molecule has 2 N–H and O–H groups in total. The zero-order valence-corrected chi connectivity index (χ0v) is 27.1. The minimum Gasteiger partial charge on any atom is -0.497 e. The lowest BCUT2D eigenvalue weighted by molar-refractivity contribution is -0.141. The molecule has 1 unspecified atom stereocenters. The molecule has 6 rings (SSSR count). The third kappa shape index (κ3) is 6.47. The second kappa shape index (κ2) is 13.5. The van der Waals surface area contributed by atoms with Gasteiger partial charge in [0.1, 0.15) is 17.3 Å². The predicted octanol–water partition coefficient (Wildman–Crippen LogP) is 3.90. The summed E-state index contributed by atoms with van der Waals surface area (Å²) in [7, 11) is 1.62. The summed E-state index contributed by atoms with van der Waals surface area (Å²) in [5.74, 6) is 0.604. The van der Waals surface area contributed by atoms with Gasteiger partial charge in [0.05, 0.1) is 13.8 Å². The van der Waals surface area contributed by atoms with E-state index in [0.717, 1.165) is 30.0 Å². The Kier molecular flexibility index (Phi) is 9.31. The summed E-state index contributed by atoms with van der Waals surface area (Å²) in [6, 6.07) is 25.4. The van der Waals surface area contributed by atoms with Crippen LogP contribution in [0.4, 0.5) is 5.69 Å². The second-order valence-corrected chi connectivity index (χ2v) is 13.1. The van der Waals surface area contributed by atoms with Gasteiger partial charge in [-0.1, -0.05) is 54.6 Å². The highest BCUT2D eigenvalue weighted by Gasteiger charge is 2.54. The van der Waals surface area contributed by atoms with Gasteiger partial charge in [0, 0.05) is 50.2 Å². The lowest BCUT2D eigenvalue weighted by Gasteiger charge is -2.44. The number of piperidine rings is 1. The van der Waals surface area contributed by atoms with E-state index in [2.05, 4.69) is 39.8 Å². The molecule has 242 valence electrons. The number of amides is 3. The van der Waals surface area contributed by atoms with E-state index in [1.165, 1.54) is 11.1 Å². The van der Waals surface area contributed by atoms with Gasteiger partial charge >= 0.3 is 0 Å². The van der Waals surface area contributed by atoms with Crippen LogP contribution in [0.1, 0.15) is 49.8 Å². The Bertz CT molecular complexity index is 1530. The van der Waals surface area contributed by atoms with E-state index in [-0.39, 0.29) is 36.2 Å². The standard InChI is InChI=1S/C37H45N5O4/c1-26(2)41-25-42(31-11-5-4-6-12-31)37(36(41)45)17-19-40(20-18-37)35(44)33(21-27-13-15-32(46-3)16-14-27)39-34(43)23-30-22-28-9-7-8-10-29(28)24-38-30/h4-16,26,30,33,38H,17-25H2,1-3H3,(H,39,43)/t30?,33-/m1/s1. The molecule has 0 radical (unpaired) electrons. The normalized spacial score (nSPS) is 19.7. The predicted molar refractivity (Wildman–Crippen MR) is 178 cm³/mol. The van der Waals surface area contributed by atoms with Crippen LogP contribution in [-0.4, -0.2) is 78.1 Å². The third-order valence-corrected chi connectivity index (χ3v) is 9.89. The van der Waals surface area contributed by atoms with Crippen LogP contribution in [0, 0.1) is 0 Å². The van der Waals surface area contributed by atoms with Crippen molar-refractivity contribution in [1.82, 2.24) is 20.4 Å². The number of hydrogen-bond donors (Lipinski definition) is 2. The number of methoxy groups -OCH3 is 1. The van der Waals surface area contributed by atoms with E-state index in [4.69, 9.17) is 4.74 Å². The molecular formula is C37H45N5O4. The highest BCUT2D eigenvalue weighted by Crippen LogP contribution is 2.40. The first-order chi connectivity index (χ1) is 22.3. The molecule has 3 aromatic carbocycles. The lowest BCUT2D eigenvalue weighted by atomic mass is 9.85. The largest absolute Gasteiger partial charge is 0.497 e. The summed E-state index contributed by atoms with van der Waals surface area (Å²) in [6.45, 7) is 6.24. The molecule has 2 atom stereocenters. The number of benzene rings is 3. The van der Waals surface area contributed by atoms with Gasteiger partial charge in [0.2, 0.25) is 17.7 Å². The van der Waals surface area contributed by atoms with Gasteiger partial charge in [0.25, 0.3) is 0 Å². The number of carbonyl (C=O) groups excluding carboxylic acids is 3. The number of hydrogen-bond acceptors (Lipinski definition) is 6. The van der Waals surface area contributed by atoms with Crippen LogP contribution in [0.3, 0.4) is 0 Å². The first kappa shape index (κ1) is 31.6. The van der Waals surface area contributed by atoms with E-state index >= 15 is 0 Å². The highest BCUT2D eigenvalue weighted by molar-refractivity contribution is 5.94. The Hall–Kier alpha value is -4.37. The second-order valence-electron chi connectivity index (χ2n) is 13.1. The van der Waals surface area contributed by atoms with Crippen molar-refractivity contribution in [1.29, 1.82) is 0 Å². The van der Waals surface area contributed by atoms with Crippen molar-refractivity contribution in [3.63, 3.8) is 0 Å².